The highest BCUT2D eigenvalue weighted by Crippen LogP contribution is 2.41. The highest BCUT2D eigenvalue weighted by molar-refractivity contribution is 6.30. The molecule has 3 heterocycles. The van der Waals surface area contributed by atoms with Crippen LogP contribution in [0, 0.1) is 0 Å². The Hall–Kier alpha value is -3.71. The number of nitrogens with zero attached hydrogens (tertiary/aromatic N) is 4. The quantitative estimate of drug-likeness (QED) is 0.303. The minimum atomic E-state index is -4.63. The highest BCUT2D eigenvalue weighted by atomic mass is 35.5. The van der Waals surface area contributed by atoms with Crippen LogP contribution >= 0.6 is 11.6 Å². The average molecular weight is 451 g/mol. The predicted molar refractivity (Wildman–Crippen MR) is 118 cm³/mol. The van der Waals surface area contributed by atoms with Crippen molar-refractivity contribution in [1.82, 2.24) is 19.7 Å². The molecule has 158 valence electrons. The maximum absolute atomic E-state index is 14.3. The zero-order valence-electron chi connectivity index (χ0n) is 16.4. The van der Waals surface area contributed by atoms with Gasteiger partial charge in [-0.05, 0) is 42.5 Å². The van der Waals surface area contributed by atoms with Gasteiger partial charge in [-0.1, -0.05) is 48.0 Å². The lowest BCUT2D eigenvalue weighted by Crippen LogP contribution is -2.08. The molecule has 0 N–H and O–H groups in total. The first kappa shape index (κ1) is 20.2. The number of para-hydroxylation sites is 1. The van der Waals surface area contributed by atoms with Crippen molar-refractivity contribution in [2.24, 2.45) is 0 Å². The maximum atomic E-state index is 14.3. The number of rotatable bonds is 3. The smallest absolute Gasteiger partial charge is 0.255 e. The summed E-state index contributed by atoms with van der Waals surface area (Å²) in [4.78, 5) is 8.75. The van der Waals surface area contributed by atoms with E-state index in [1.165, 1.54) is 10.9 Å². The lowest BCUT2D eigenvalue weighted by Gasteiger charge is -2.12. The average Bonchev–Trinajstić information content (AvgIpc) is 3.19. The van der Waals surface area contributed by atoms with E-state index in [2.05, 4.69) is 15.1 Å². The predicted octanol–water partition coefficient (Wildman–Crippen LogP) is 6.82. The zero-order chi connectivity index (χ0) is 22.3. The molecule has 0 aliphatic rings. The topological polar surface area (TPSA) is 43.6 Å². The van der Waals surface area contributed by atoms with E-state index in [-0.39, 0.29) is 22.4 Å². The van der Waals surface area contributed by atoms with Gasteiger partial charge in [0.1, 0.15) is 5.69 Å². The highest BCUT2D eigenvalue weighted by Gasteiger charge is 2.36. The Kier molecular flexibility index (Phi) is 4.90. The first-order valence-electron chi connectivity index (χ1n) is 9.65. The third kappa shape index (κ3) is 3.61. The van der Waals surface area contributed by atoms with E-state index in [9.17, 15) is 13.2 Å². The molecule has 0 unspecified atom stereocenters. The first-order chi connectivity index (χ1) is 15.4. The molecule has 2 aromatic carbocycles. The SMILES string of the molecule is FC(F)(F)c1cc(-c2ccccn2)nc2c1c(-c1ccc(Cl)cc1)nn2-c1ccccc1. The van der Waals surface area contributed by atoms with E-state index in [0.717, 1.165) is 6.07 Å². The standard InChI is InChI=1S/C24H14ClF3N4/c25-16-11-9-15(10-12-16)22-21-18(24(26,27)28)14-20(19-8-4-5-13-29-19)30-23(21)32(31-22)17-6-2-1-3-7-17/h1-14H. The van der Waals surface area contributed by atoms with Crippen molar-refractivity contribution in [2.75, 3.05) is 0 Å². The van der Waals surface area contributed by atoms with Crippen LogP contribution in [0.5, 0.6) is 0 Å². The van der Waals surface area contributed by atoms with Crippen LogP contribution in [0.15, 0.2) is 85.1 Å². The molecule has 32 heavy (non-hydrogen) atoms. The van der Waals surface area contributed by atoms with Crippen LogP contribution in [0.1, 0.15) is 5.56 Å². The minimum absolute atomic E-state index is 0.0802. The van der Waals surface area contributed by atoms with Gasteiger partial charge in [0.2, 0.25) is 0 Å². The normalized spacial score (nSPS) is 11.8. The number of hydrogen-bond donors (Lipinski definition) is 0. The summed E-state index contributed by atoms with van der Waals surface area (Å²) in [5.74, 6) is 0. The molecule has 3 aromatic heterocycles. The monoisotopic (exact) mass is 450 g/mol. The molecule has 0 radical (unpaired) electrons. The van der Waals surface area contributed by atoms with Crippen LogP contribution < -0.4 is 0 Å². The van der Waals surface area contributed by atoms with Gasteiger partial charge in [0.25, 0.3) is 0 Å². The minimum Gasteiger partial charge on any atom is -0.255 e. The lowest BCUT2D eigenvalue weighted by molar-refractivity contribution is -0.136. The molecule has 0 atom stereocenters. The summed E-state index contributed by atoms with van der Waals surface area (Å²) >= 11 is 5.99. The summed E-state index contributed by atoms with van der Waals surface area (Å²) in [7, 11) is 0. The van der Waals surface area contributed by atoms with Crippen molar-refractivity contribution < 1.29 is 13.2 Å². The van der Waals surface area contributed by atoms with Crippen molar-refractivity contribution in [2.45, 2.75) is 6.18 Å². The van der Waals surface area contributed by atoms with Crippen molar-refractivity contribution in [3.8, 4) is 28.3 Å². The number of aromatic nitrogens is 4. The molecule has 0 aliphatic heterocycles. The molecule has 0 saturated carbocycles. The van der Waals surface area contributed by atoms with Crippen molar-refractivity contribution in [3.05, 3.63) is 95.6 Å². The molecule has 8 heteroatoms. The van der Waals surface area contributed by atoms with Crippen molar-refractivity contribution >= 4 is 22.6 Å². The van der Waals surface area contributed by atoms with Gasteiger partial charge < -0.3 is 0 Å². The summed E-state index contributed by atoms with van der Waals surface area (Å²) in [5.41, 5.74) is 1.00. The Morgan fingerprint density at radius 2 is 1.53 bits per heavy atom. The molecule has 5 aromatic rings. The molecule has 4 nitrogen and oxygen atoms in total. The van der Waals surface area contributed by atoms with E-state index in [1.807, 2.05) is 6.07 Å². The van der Waals surface area contributed by atoms with E-state index < -0.39 is 11.7 Å². The summed E-state index contributed by atoms with van der Waals surface area (Å²) < 4.78 is 44.3. The molecule has 0 amide bonds. The number of pyridine rings is 2. The van der Waals surface area contributed by atoms with Gasteiger partial charge in [-0.15, -0.1) is 0 Å². The van der Waals surface area contributed by atoms with Gasteiger partial charge in [-0.3, -0.25) is 4.98 Å². The largest absolute Gasteiger partial charge is 0.417 e. The van der Waals surface area contributed by atoms with Gasteiger partial charge in [-0.2, -0.15) is 18.3 Å². The van der Waals surface area contributed by atoms with Gasteiger partial charge in [0, 0.05) is 16.8 Å². The van der Waals surface area contributed by atoms with Gasteiger partial charge in [-0.25, -0.2) is 9.67 Å². The Morgan fingerprint density at radius 3 is 2.19 bits per heavy atom. The summed E-state index contributed by atoms with van der Waals surface area (Å²) in [6.07, 6.45) is -3.11. The maximum Gasteiger partial charge on any atom is 0.417 e. The first-order valence-corrected chi connectivity index (χ1v) is 10.0. The fourth-order valence-electron chi connectivity index (χ4n) is 3.54. The van der Waals surface area contributed by atoms with E-state index >= 15 is 0 Å². The molecule has 0 saturated heterocycles. The molecule has 0 fully saturated rings. The second kappa shape index (κ2) is 7.76. The van der Waals surface area contributed by atoms with Crippen LogP contribution in [-0.4, -0.2) is 19.7 Å². The Balaban J connectivity index is 1.90. The molecular formula is C24H14ClF3N4. The second-order valence-corrected chi connectivity index (χ2v) is 7.51. The van der Waals surface area contributed by atoms with E-state index in [1.54, 1.807) is 66.7 Å². The third-order valence-electron chi connectivity index (χ3n) is 4.99. The second-order valence-electron chi connectivity index (χ2n) is 7.07. The molecule has 5 rings (SSSR count). The van der Waals surface area contributed by atoms with Gasteiger partial charge >= 0.3 is 6.18 Å². The van der Waals surface area contributed by atoms with Crippen LogP contribution in [-0.2, 0) is 6.18 Å². The molecule has 0 aliphatic carbocycles. The Bertz CT molecular complexity index is 1400. The Morgan fingerprint density at radius 1 is 0.812 bits per heavy atom. The van der Waals surface area contributed by atoms with Crippen LogP contribution in [0.4, 0.5) is 13.2 Å². The third-order valence-corrected chi connectivity index (χ3v) is 5.24. The number of fused-ring (bicyclic) bond motifs is 1. The fraction of sp³-hybridized carbons (Fsp3) is 0.0417. The Labute approximate surface area is 185 Å². The summed E-state index contributed by atoms with van der Waals surface area (Å²) in [6, 6.07) is 21.5. The zero-order valence-corrected chi connectivity index (χ0v) is 17.1. The van der Waals surface area contributed by atoms with Crippen LogP contribution in [0.2, 0.25) is 5.02 Å². The summed E-state index contributed by atoms with van der Waals surface area (Å²) in [6.45, 7) is 0. The van der Waals surface area contributed by atoms with Crippen LogP contribution in [0.25, 0.3) is 39.4 Å². The molecule has 0 bridgehead atoms. The summed E-state index contributed by atoms with van der Waals surface area (Å²) in [5, 5.41) is 4.96. The van der Waals surface area contributed by atoms with Gasteiger partial charge in [0.15, 0.2) is 5.65 Å². The number of halogens is 4. The van der Waals surface area contributed by atoms with Crippen molar-refractivity contribution in [3.63, 3.8) is 0 Å². The lowest BCUT2D eigenvalue weighted by atomic mass is 10.0. The van der Waals surface area contributed by atoms with E-state index in [0.29, 0.717) is 22.0 Å². The van der Waals surface area contributed by atoms with Crippen LogP contribution in [0.3, 0.4) is 0 Å². The fourth-order valence-corrected chi connectivity index (χ4v) is 3.67. The van der Waals surface area contributed by atoms with Gasteiger partial charge in [0.05, 0.1) is 28.0 Å². The molecular weight excluding hydrogens is 437 g/mol. The number of alkyl halides is 3. The van der Waals surface area contributed by atoms with Crippen molar-refractivity contribution in [1.29, 1.82) is 0 Å². The number of hydrogen-bond acceptors (Lipinski definition) is 3. The number of benzene rings is 2. The van der Waals surface area contributed by atoms with E-state index in [4.69, 9.17) is 11.6 Å². The molecule has 0 spiro atoms.